The maximum atomic E-state index is 9.72. The van der Waals surface area contributed by atoms with Gasteiger partial charge in [0.1, 0.15) is 5.75 Å². The Bertz CT molecular complexity index is 387. The molecule has 100 valence electrons. The summed E-state index contributed by atoms with van der Waals surface area (Å²) in [5.41, 5.74) is 0.838. The van der Waals surface area contributed by atoms with Gasteiger partial charge < -0.3 is 14.6 Å². The number of halogens is 1. The van der Waals surface area contributed by atoms with Crippen molar-refractivity contribution in [3.63, 3.8) is 0 Å². The molecule has 1 aliphatic heterocycles. The van der Waals surface area contributed by atoms with Gasteiger partial charge in [-0.3, -0.25) is 0 Å². The van der Waals surface area contributed by atoms with Crippen molar-refractivity contribution in [2.75, 3.05) is 19.8 Å². The van der Waals surface area contributed by atoms with Crippen molar-refractivity contribution < 1.29 is 14.6 Å². The number of ether oxygens (including phenoxy) is 2. The van der Waals surface area contributed by atoms with Crippen molar-refractivity contribution in [3.8, 4) is 5.75 Å². The van der Waals surface area contributed by atoms with Gasteiger partial charge in [-0.15, -0.1) is 0 Å². The third-order valence-corrected chi connectivity index (χ3v) is 3.73. The van der Waals surface area contributed by atoms with Crippen LogP contribution in [0.25, 0.3) is 0 Å². The lowest BCUT2D eigenvalue weighted by Gasteiger charge is -2.23. The lowest BCUT2D eigenvalue weighted by atomic mass is 10.0. The SMILES string of the molecule is C[C@H](O)c1ccc(Br)cc1OCC1CCOCC1. The van der Waals surface area contributed by atoms with Gasteiger partial charge in [-0.2, -0.15) is 0 Å². The van der Waals surface area contributed by atoms with E-state index in [9.17, 15) is 5.11 Å². The molecule has 0 amide bonds. The molecule has 1 saturated heterocycles. The highest BCUT2D eigenvalue weighted by molar-refractivity contribution is 9.10. The molecule has 0 radical (unpaired) electrons. The number of aliphatic hydroxyl groups is 1. The van der Waals surface area contributed by atoms with Gasteiger partial charge >= 0.3 is 0 Å². The van der Waals surface area contributed by atoms with Gasteiger partial charge in [0.05, 0.1) is 12.7 Å². The van der Waals surface area contributed by atoms with E-state index in [-0.39, 0.29) is 0 Å². The van der Waals surface area contributed by atoms with Crippen LogP contribution >= 0.6 is 15.9 Å². The second-order valence-corrected chi connectivity index (χ2v) is 5.64. The van der Waals surface area contributed by atoms with Gasteiger partial charge in [-0.25, -0.2) is 0 Å². The predicted molar refractivity (Wildman–Crippen MR) is 73.8 cm³/mol. The molecule has 1 heterocycles. The van der Waals surface area contributed by atoms with Crippen LogP contribution in [0.2, 0.25) is 0 Å². The van der Waals surface area contributed by atoms with Crippen LogP contribution in [0.3, 0.4) is 0 Å². The van der Waals surface area contributed by atoms with E-state index in [0.29, 0.717) is 12.5 Å². The van der Waals surface area contributed by atoms with Crippen LogP contribution in [0.15, 0.2) is 22.7 Å². The topological polar surface area (TPSA) is 38.7 Å². The van der Waals surface area contributed by atoms with Gasteiger partial charge in [-0.05, 0) is 37.8 Å². The van der Waals surface area contributed by atoms with Crippen molar-refractivity contribution in [2.24, 2.45) is 5.92 Å². The monoisotopic (exact) mass is 314 g/mol. The molecule has 1 atom stereocenters. The Morgan fingerprint density at radius 3 is 2.83 bits per heavy atom. The maximum absolute atomic E-state index is 9.72. The van der Waals surface area contributed by atoms with Crippen LogP contribution < -0.4 is 4.74 Å². The lowest BCUT2D eigenvalue weighted by Crippen LogP contribution is -2.21. The van der Waals surface area contributed by atoms with Gasteiger partial charge in [0.2, 0.25) is 0 Å². The Labute approximate surface area is 116 Å². The minimum atomic E-state index is -0.511. The van der Waals surface area contributed by atoms with E-state index >= 15 is 0 Å². The summed E-state index contributed by atoms with van der Waals surface area (Å²) in [5.74, 6) is 1.32. The van der Waals surface area contributed by atoms with Crippen molar-refractivity contribution >= 4 is 15.9 Å². The van der Waals surface area contributed by atoms with Crippen molar-refractivity contribution in [1.82, 2.24) is 0 Å². The molecule has 4 heteroatoms. The number of benzene rings is 1. The number of aliphatic hydroxyl groups excluding tert-OH is 1. The highest BCUT2D eigenvalue weighted by atomic mass is 79.9. The zero-order chi connectivity index (χ0) is 13.0. The fourth-order valence-corrected chi connectivity index (χ4v) is 2.44. The summed E-state index contributed by atoms with van der Waals surface area (Å²) in [6.07, 6.45) is 1.60. The van der Waals surface area contributed by atoms with Crippen molar-refractivity contribution in [2.45, 2.75) is 25.9 Å². The van der Waals surface area contributed by atoms with E-state index < -0.39 is 6.10 Å². The molecule has 2 rings (SSSR count). The molecule has 18 heavy (non-hydrogen) atoms. The van der Waals surface area contributed by atoms with E-state index in [2.05, 4.69) is 15.9 Å². The zero-order valence-corrected chi connectivity index (χ0v) is 12.1. The molecule has 1 aromatic rings. The fraction of sp³-hybridized carbons (Fsp3) is 0.571. The zero-order valence-electron chi connectivity index (χ0n) is 10.6. The average molecular weight is 315 g/mol. The molecule has 0 spiro atoms. The Morgan fingerprint density at radius 2 is 2.17 bits per heavy atom. The molecule has 0 unspecified atom stereocenters. The summed E-state index contributed by atoms with van der Waals surface area (Å²) in [4.78, 5) is 0. The lowest BCUT2D eigenvalue weighted by molar-refractivity contribution is 0.0491. The summed E-state index contributed by atoms with van der Waals surface area (Å²) >= 11 is 3.43. The molecule has 3 nitrogen and oxygen atoms in total. The van der Waals surface area contributed by atoms with Crippen LogP contribution in [0.4, 0.5) is 0 Å². The van der Waals surface area contributed by atoms with Gasteiger partial charge in [0.15, 0.2) is 0 Å². The van der Waals surface area contributed by atoms with Crippen molar-refractivity contribution in [3.05, 3.63) is 28.2 Å². The minimum Gasteiger partial charge on any atom is -0.493 e. The standard InChI is InChI=1S/C14H19BrO3/c1-10(16)13-3-2-12(15)8-14(13)18-9-11-4-6-17-7-5-11/h2-3,8,10-11,16H,4-7,9H2,1H3/t10-/m0/s1. The predicted octanol–water partition coefficient (Wildman–Crippen LogP) is 3.31. The van der Waals surface area contributed by atoms with Crippen LogP contribution in [0.1, 0.15) is 31.4 Å². The van der Waals surface area contributed by atoms with Crippen LogP contribution in [-0.2, 0) is 4.74 Å². The first-order valence-electron chi connectivity index (χ1n) is 6.35. The largest absolute Gasteiger partial charge is 0.493 e. The number of hydrogen-bond acceptors (Lipinski definition) is 3. The van der Waals surface area contributed by atoms with Crippen molar-refractivity contribution in [1.29, 1.82) is 0 Å². The molecule has 1 N–H and O–H groups in total. The Morgan fingerprint density at radius 1 is 1.44 bits per heavy atom. The Kier molecular flexibility index (Phi) is 5.03. The maximum Gasteiger partial charge on any atom is 0.126 e. The molecule has 1 aromatic carbocycles. The molecular weight excluding hydrogens is 296 g/mol. The third-order valence-electron chi connectivity index (χ3n) is 3.24. The number of hydrogen-bond donors (Lipinski definition) is 1. The fourth-order valence-electron chi connectivity index (χ4n) is 2.10. The summed E-state index contributed by atoms with van der Waals surface area (Å²) in [6, 6.07) is 5.73. The Hall–Kier alpha value is -0.580. The molecule has 1 aliphatic rings. The quantitative estimate of drug-likeness (QED) is 0.926. The molecule has 1 fully saturated rings. The first-order chi connectivity index (χ1) is 8.66. The molecular formula is C14H19BrO3. The summed E-state index contributed by atoms with van der Waals surface area (Å²) in [5, 5.41) is 9.72. The summed E-state index contributed by atoms with van der Waals surface area (Å²) in [7, 11) is 0. The van der Waals surface area contributed by atoms with Crippen LogP contribution in [0, 0.1) is 5.92 Å². The highest BCUT2D eigenvalue weighted by Gasteiger charge is 2.16. The van der Waals surface area contributed by atoms with Gasteiger partial charge in [-0.1, -0.05) is 22.0 Å². The Balaban J connectivity index is 2.00. The van der Waals surface area contributed by atoms with Gasteiger partial charge in [0.25, 0.3) is 0 Å². The first-order valence-corrected chi connectivity index (χ1v) is 7.14. The number of rotatable bonds is 4. The highest BCUT2D eigenvalue weighted by Crippen LogP contribution is 2.29. The van der Waals surface area contributed by atoms with E-state index in [0.717, 1.165) is 41.8 Å². The van der Waals surface area contributed by atoms with Gasteiger partial charge in [0, 0.05) is 23.2 Å². The molecule has 0 bridgehead atoms. The summed E-state index contributed by atoms with van der Waals surface area (Å²) in [6.45, 7) is 4.11. The van der Waals surface area contributed by atoms with E-state index in [1.807, 2.05) is 18.2 Å². The molecule has 0 aromatic heterocycles. The normalized spacial score (nSPS) is 18.6. The van der Waals surface area contributed by atoms with E-state index in [4.69, 9.17) is 9.47 Å². The molecule has 0 aliphatic carbocycles. The first kappa shape index (κ1) is 13.8. The molecule has 0 saturated carbocycles. The van der Waals surface area contributed by atoms with E-state index in [1.54, 1.807) is 6.92 Å². The minimum absolute atomic E-state index is 0.511. The summed E-state index contributed by atoms with van der Waals surface area (Å²) < 4.78 is 12.2. The smallest absolute Gasteiger partial charge is 0.126 e. The van der Waals surface area contributed by atoms with Crippen LogP contribution in [-0.4, -0.2) is 24.9 Å². The second kappa shape index (κ2) is 6.55. The third kappa shape index (κ3) is 3.70. The van der Waals surface area contributed by atoms with E-state index in [1.165, 1.54) is 0 Å². The van der Waals surface area contributed by atoms with Crippen LogP contribution in [0.5, 0.6) is 5.75 Å². The average Bonchev–Trinajstić information content (AvgIpc) is 2.37. The second-order valence-electron chi connectivity index (χ2n) is 4.72.